The van der Waals surface area contributed by atoms with Crippen molar-refractivity contribution >= 4 is 35.6 Å². The summed E-state index contributed by atoms with van der Waals surface area (Å²) in [4.78, 5) is 78.5. The normalized spacial score (nSPS) is 13.9. The molecule has 0 bridgehead atoms. The Bertz CT molecular complexity index is 955. The standard InChI is InChI=1S/C22H35N7O9/c23-8-2-1-3-14(20(35)29-16(22(37)38)5-7-18(32)33)28-21(36)15(4-6-17(30)31)27-19(34)13(24)9-12-10-25-11-26-12/h10-11,13-16H,1-9,23-24H2,(H,25,26)(H,27,34)(H,28,36)(H,29,35)(H,30,31)(H,32,33)(H,37,38). The van der Waals surface area contributed by atoms with Crippen LogP contribution in [0.3, 0.4) is 0 Å². The van der Waals surface area contributed by atoms with E-state index in [4.69, 9.17) is 21.7 Å². The number of amides is 3. The number of nitrogens with one attached hydrogen (secondary N) is 4. The van der Waals surface area contributed by atoms with Crippen molar-refractivity contribution in [2.24, 2.45) is 11.5 Å². The topological polar surface area (TPSA) is 280 Å². The molecular formula is C22H35N7O9. The van der Waals surface area contributed by atoms with Gasteiger partial charge in [-0.25, -0.2) is 9.78 Å². The fraction of sp³-hybridized carbons (Fsp3) is 0.591. The molecule has 0 aromatic carbocycles. The highest BCUT2D eigenvalue weighted by molar-refractivity contribution is 5.94. The summed E-state index contributed by atoms with van der Waals surface area (Å²) in [5.74, 6) is -6.43. The molecule has 38 heavy (non-hydrogen) atoms. The Morgan fingerprint density at radius 1 is 0.816 bits per heavy atom. The molecule has 4 atom stereocenters. The van der Waals surface area contributed by atoms with E-state index in [1.54, 1.807) is 0 Å². The Balaban J connectivity index is 2.98. The second-order valence-corrected chi connectivity index (χ2v) is 8.56. The molecule has 16 heteroatoms. The van der Waals surface area contributed by atoms with E-state index in [1.165, 1.54) is 12.5 Å². The summed E-state index contributed by atoms with van der Waals surface area (Å²) in [5, 5.41) is 34.3. The summed E-state index contributed by atoms with van der Waals surface area (Å²) in [6, 6.07) is -5.23. The van der Waals surface area contributed by atoms with E-state index < -0.39 is 72.6 Å². The van der Waals surface area contributed by atoms with E-state index in [1.807, 2.05) is 0 Å². The molecule has 0 spiro atoms. The predicted octanol–water partition coefficient (Wildman–Crippen LogP) is -2.32. The first-order chi connectivity index (χ1) is 17.9. The van der Waals surface area contributed by atoms with Gasteiger partial charge in [0.15, 0.2) is 0 Å². The van der Waals surface area contributed by atoms with Crippen LogP contribution >= 0.6 is 0 Å². The molecule has 4 unspecified atom stereocenters. The lowest BCUT2D eigenvalue weighted by molar-refractivity contribution is -0.143. The molecule has 0 saturated heterocycles. The smallest absolute Gasteiger partial charge is 0.326 e. The van der Waals surface area contributed by atoms with Crippen molar-refractivity contribution in [2.75, 3.05) is 6.54 Å². The summed E-state index contributed by atoms with van der Waals surface area (Å²) in [5.41, 5.74) is 11.9. The first-order valence-corrected chi connectivity index (χ1v) is 11.9. The Morgan fingerprint density at radius 3 is 1.84 bits per heavy atom. The van der Waals surface area contributed by atoms with Gasteiger partial charge in [0.2, 0.25) is 17.7 Å². The largest absolute Gasteiger partial charge is 0.481 e. The molecule has 1 aromatic rings. The number of H-pyrrole nitrogens is 1. The van der Waals surface area contributed by atoms with Crippen molar-refractivity contribution in [3.63, 3.8) is 0 Å². The number of unbranched alkanes of at least 4 members (excludes halogenated alkanes) is 1. The van der Waals surface area contributed by atoms with Crippen molar-refractivity contribution in [1.82, 2.24) is 25.9 Å². The molecule has 16 nitrogen and oxygen atoms in total. The summed E-state index contributed by atoms with van der Waals surface area (Å²) in [6.07, 6.45) is 2.17. The molecule has 0 aliphatic heterocycles. The minimum absolute atomic E-state index is 0.0545. The SMILES string of the molecule is NCCCCC(NC(=O)C(CCC(=O)O)NC(=O)C(N)Cc1cnc[nH]1)C(=O)NC(CCC(=O)O)C(=O)O. The Hall–Kier alpha value is -4.05. The number of aromatic amines is 1. The maximum Gasteiger partial charge on any atom is 0.326 e. The minimum atomic E-state index is -1.52. The van der Waals surface area contributed by atoms with Crippen molar-refractivity contribution in [3.05, 3.63) is 18.2 Å². The van der Waals surface area contributed by atoms with Gasteiger partial charge in [-0.3, -0.25) is 24.0 Å². The highest BCUT2D eigenvalue weighted by Gasteiger charge is 2.30. The molecule has 1 heterocycles. The molecule has 0 saturated carbocycles. The maximum absolute atomic E-state index is 13.0. The molecular weight excluding hydrogens is 506 g/mol. The minimum Gasteiger partial charge on any atom is -0.481 e. The van der Waals surface area contributed by atoms with Gasteiger partial charge in [0.25, 0.3) is 0 Å². The lowest BCUT2D eigenvalue weighted by Crippen LogP contribution is -2.57. The molecule has 11 N–H and O–H groups in total. The quantitative estimate of drug-likeness (QED) is 0.0834. The van der Waals surface area contributed by atoms with E-state index in [-0.39, 0.29) is 25.7 Å². The van der Waals surface area contributed by atoms with E-state index in [9.17, 15) is 33.9 Å². The van der Waals surface area contributed by atoms with Crippen LogP contribution in [0.4, 0.5) is 0 Å². The molecule has 0 aliphatic carbocycles. The molecule has 1 aromatic heterocycles. The van der Waals surface area contributed by atoms with Gasteiger partial charge in [-0.05, 0) is 38.6 Å². The summed E-state index contributed by atoms with van der Waals surface area (Å²) in [6.45, 7) is 0.296. The van der Waals surface area contributed by atoms with Crippen LogP contribution < -0.4 is 27.4 Å². The van der Waals surface area contributed by atoms with Crippen LogP contribution in [-0.2, 0) is 35.2 Å². The van der Waals surface area contributed by atoms with E-state index in [0.29, 0.717) is 25.1 Å². The number of imidazole rings is 1. The average Bonchev–Trinajstić information content (AvgIpc) is 3.35. The van der Waals surface area contributed by atoms with Gasteiger partial charge >= 0.3 is 17.9 Å². The fourth-order valence-electron chi connectivity index (χ4n) is 3.37. The van der Waals surface area contributed by atoms with Crippen LogP contribution in [0.15, 0.2) is 12.5 Å². The zero-order valence-electron chi connectivity index (χ0n) is 20.7. The van der Waals surface area contributed by atoms with Crippen molar-refractivity contribution in [2.45, 2.75) is 75.5 Å². The maximum atomic E-state index is 13.0. The second kappa shape index (κ2) is 16.6. The summed E-state index contributed by atoms with van der Waals surface area (Å²) in [7, 11) is 0. The average molecular weight is 542 g/mol. The van der Waals surface area contributed by atoms with E-state index in [0.717, 1.165) is 0 Å². The number of aliphatic carboxylic acids is 3. The first kappa shape index (κ1) is 32.0. The second-order valence-electron chi connectivity index (χ2n) is 8.56. The van der Waals surface area contributed by atoms with Gasteiger partial charge < -0.3 is 47.7 Å². The molecule has 1 rings (SSSR count). The van der Waals surface area contributed by atoms with Gasteiger partial charge in [0, 0.05) is 31.2 Å². The number of aromatic nitrogens is 2. The number of nitrogens with zero attached hydrogens (tertiary/aromatic N) is 1. The fourth-order valence-corrected chi connectivity index (χ4v) is 3.37. The van der Waals surface area contributed by atoms with Crippen LogP contribution in [0, 0.1) is 0 Å². The molecule has 0 aliphatic rings. The number of hydrogen-bond donors (Lipinski definition) is 9. The number of hydrogen-bond acceptors (Lipinski definition) is 9. The van der Waals surface area contributed by atoms with Gasteiger partial charge in [0.05, 0.1) is 12.4 Å². The lowest BCUT2D eigenvalue weighted by atomic mass is 10.0. The highest BCUT2D eigenvalue weighted by Crippen LogP contribution is 2.07. The van der Waals surface area contributed by atoms with E-state index in [2.05, 4.69) is 25.9 Å². The number of carboxylic acid groups (broad SMARTS) is 3. The number of carboxylic acids is 3. The number of rotatable bonds is 19. The molecule has 0 radical (unpaired) electrons. The Morgan fingerprint density at radius 2 is 1.34 bits per heavy atom. The van der Waals surface area contributed by atoms with Crippen molar-refractivity contribution in [1.29, 1.82) is 0 Å². The zero-order chi connectivity index (χ0) is 28.7. The third kappa shape index (κ3) is 12.3. The monoisotopic (exact) mass is 541 g/mol. The van der Waals surface area contributed by atoms with Crippen LogP contribution in [0.2, 0.25) is 0 Å². The first-order valence-electron chi connectivity index (χ1n) is 11.9. The lowest BCUT2D eigenvalue weighted by Gasteiger charge is -2.25. The van der Waals surface area contributed by atoms with Gasteiger partial charge in [-0.2, -0.15) is 0 Å². The van der Waals surface area contributed by atoms with Crippen molar-refractivity contribution in [3.8, 4) is 0 Å². The third-order valence-corrected chi connectivity index (χ3v) is 5.45. The molecule has 212 valence electrons. The number of carbonyl (C=O) groups excluding carboxylic acids is 3. The van der Waals surface area contributed by atoms with Crippen LogP contribution in [0.25, 0.3) is 0 Å². The number of carbonyl (C=O) groups is 6. The van der Waals surface area contributed by atoms with Crippen LogP contribution in [0.1, 0.15) is 50.6 Å². The van der Waals surface area contributed by atoms with Crippen LogP contribution in [-0.4, -0.2) is 91.6 Å². The van der Waals surface area contributed by atoms with Gasteiger partial charge in [-0.15, -0.1) is 0 Å². The van der Waals surface area contributed by atoms with Gasteiger partial charge in [-0.1, -0.05) is 0 Å². The highest BCUT2D eigenvalue weighted by atomic mass is 16.4. The van der Waals surface area contributed by atoms with E-state index >= 15 is 0 Å². The Labute approximate surface area is 217 Å². The number of nitrogens with two attached hydrogens (primary N) is 2. The summed E-state index contributed by atoms with van der Waals surface area (Å²) >= 11 is 0. The van der Waals surface area contributed by atoms with Crippen LogP contribution in [0.5, 0.6) is 0 Å². The zero-order valence-corrected chi connectivity index (χ0v) is 20.7. The van der Waals surface area contributed by atoms with Gasteiger partial charge in [0.1, 0.15) is 18.1 Å². The van der Waals surface area contributed by atoms with Crippen molar-refractivity contribution < 1.29 is 44.1 Å². The Kier molecular flexibility index (Phi) is 14.0. The predicted molar refractivity (Wildman–Crippen MR) is 130 cm³/mol. The third-order valence-electron chi connectivity index (χ3n) is 5.45. The summed E-state index contributed by atoms with van der Waals surface area (Å²) < 4.78 is 0. The molecule has 0 fully saturated rings. The molecule has 3 amide bonds.